The zero-order valence-corrected chi connectivity index (χ0v) is 18.8. The maximum atomic E-state index is 13.3. The number of carbonyl (C=O) groups is 1. The minimum absolute atomic E-state index is 0.0608. The number of fused-ring (bicyclic) bond motifs is 4. The molecule has 0 saturated heterocycles. The van der Waals surface area contributed by atoms with Crippen LogP contribution in [0.15, 0.2) is 97.1 Å². The first kappa shape index (κ1) is 21.1. The van der Waals surface area contributed by atoms with E-state index in [0.29, 0.717) is 11.3 Å². The number of esters is 1. The Balaban J connectivity index is 1.34. The molecule has 0 saturated carbocycles. The van der Waals surface area contributed by atoms with Crippen LogP contribution in [0.25, 0.3) is 10.8 Å². The van der Waals surface area contributed by atoms with E-state index < -0.39 is 10.9 Å². The monoisotopic (exact) mass is 462 g/mol. The lowest BCUT2D eigenvalue weighted by Crippen LogP contribution is -2.30. The molecule has 0 spiro atoms. The zero-order chi connectivity index (χ0) is 23.9. The van der Waals surface area contributed by atoms with Gasteiger partial charge in [0.05, 0.1) is 22.2 Å². The molecule has 4 aromatic carbocycles. The summed E-state index contributed by atoms with van der Waals surface area (Å²) in [7, 11) is 0. The molecule has 1 aliphatic heterocycles. The number of nitro groups is 1. The Morgan fingerprint density at radius 2 is 1.74 bits per heavy atom. The molecule has 35 heavy (non-hydrogen) atoms. The Morgan fingerprint density at radius 1 is 0.943 bits per heavy atom. The van der Waals surface area contributed by atoms with Crippen molar-refractivity contribution in [2.75, 3.05) is 5.32 Å². The number of ether oxygens (including phenoxy) is 1. The summed E-state index contributed by atoms with van der Waals surface area (Å²) in [6.07, 6.45) is 5.26. The lowest BCUT2D eigenvalue weighted by molar-refractivity contribution is -0.384. The molecule has 2 aliphatic rings. The third-order valence-electron chi connectivity index (χ3n) is 7.01. The normalized spacial score (nSPS) is 20.1. The molecule has 6 nitrogen and oxygen atoms in total. The fourth-order valence-corrected chi connectivity index (χ4v) is 5.32. The highest BCUT2D eigenvalue weighted by molar-refractivity contribution is 5.98. The van der Waals surface area contributed by atoms with Gasteiger partial charge in [-0.05, 0) is 52.4 Å². The van der Waals surface area contributed by atoms with E-state index in [1.165, 1.54) is 12.1 Å². The van der Waals surface area contributed by atoms with Gasteiger partial charge in [0.15, 0.2) is 0 Å². The lowest BCUT2D eigenvalue weighted by atomic mass is 9.76. The number of para-hydroxylation sites is 1. The molecule has 3 atom stereocenters. The van der Waals surface area contributed by atoms with E-state index in [-0.39, 0.29) is 23.6 Å². The van der Waals surface area contributed by atoms with Crippen molar-refractivity contribution in [3.05, 3.63) is 124 Å². The fraction of sp³-hybridized carbons (Fsp3) is 0.138. The Bertz CT molecular complexity index is 1490. The molecule has 6 heteroatoms. The van der Waals surface area contributed by atoms with E-state index in [0.717, 1.165) is 34.0 Å². The van der Waals surface area contributed by atoms with Gasteiger partial charge < -0.3 is 10.1 Å². The van der Waals surface area contributed by atoms with Gasteiger partial charge in [0.2, 0.25) is 0 Å². The molecule has 6 rings (SSSR count). The molecular formula is C29H22N2O4. The highest BCUT2D eigenvalue weighted by Crippen LogP contribution is 2.50. The van der Waals surface area contributed by atoms with Crippen LogP contribution in [0.4, 0.5) is 11.4 Å². The van der Waals surface area contributed by atoms with Crippen LogP contribution in [0.1, 0.15) is 39.9 Å². The Morgan fingerprint density at radius 3 is 2.54 bits per heavy atom. The number of benzene rings is 4. The highest BCUT2D eigenvalue weighted by atomic mass is 16.6. The van der Waals surface area contributed by atoms with Gasteiger partial charge in [-0.1, -0.05) is 66.7 Å². The van der Waals surface area contributed by atoms with Crippen LogP contribution in [-0.4, -0.2) is 10.9 Å². The van der Waals surface area contributed by atoms with Gasteiger partial charge in [-0.2, -0.15) is 0 Å². The molecule has 0 bridgehead atoms. The molecule has 0 fully saturated rings. The maximum Gasteiger partial charge on any atom is 0.345 e. The van der Waals surface area contributed by atoms with Gasteiger partial charge in [0.25, 0.3) is 5.69 Å². The van der Waals surface area contributed by atoms with Crippen LogP contribution in [0.3, 0.4) is 0 Å². The van der Waals surface area contributed by atoms with E-state index in [2.05, 4.69) is 23.5 Å². The van der Waals surface area contributed by atoms with Crippen molar-refractivity contribution >= 4 is 28.1 Å². The van der Waals surface area contributed by atoms with Crippen molar-refractivity contribution in [3.63, 3.8) is 0 Å². The van der Waals surface area contributed by atoms with E-state index in [1.54, 1.807) is 24.3 Å². The van der Waals surface area contributed by atoms with Gasteiger partial charge in [0, 0.05) is 18.1 Å². The third kappa shape index (κ3) is 3.73. The second-order valence-electron chi connectivity index (χ2n) is 8.99. The summed E-state index contributed by atoms with van der Waals surface area (Å²) >= 11 is 0. The minimum Gasteiger partial charge on any atom is -0.423 e. The van der Waals surface area contributed by atoms with Crippen LogP contribution >= 0.6 is 0 Å². The van der Waals surface area contributed by atoms with Crippen molar-refractivity contribution in [2.45, 2.75) is 18.4 Å². The van der Waals surface area contributed by atoms with E-state index in [4.69, 9.17) is 4.74 Å². The number of hydrogen-bond donors (Lipinski definition) is 1. The number of hydrogen-bond acceptors (Lipinski definition) is 5. The molecule has 0 radical (unpaired) electrons. The van der Waals surface area contributed by atoms with E-state index >= 15 is 0 Å². The number of non-ortho nitro benzene ring substituents is 1. The number of nitrogens with one attached hydrogen (secondary N) is 1. The summed E-state index contributed by atoms with van der Waals surface area (Å²) in [6, 6.07) is 25.8. The summed E-state index contributed by atoms with van der Waals surface area (Å²) in [4.78, 5) is 24.0. The number of nitrogens with zero attached hydrogens (tertiary/aromatic N) is 1. The minimum atomic E-state index is -0.424. The quantitative estimate of drug-likeness (QED) is 0.119. The molecular weight excluding hydrogens is 440 g/mol. The smallest absolute Gasteiger partial charge is 0.345 e. The van der Waals surface area contributed by atoms with Crippen molar-refractivity contribution in [1.82, 2.24) is 0 Å². The second-order valence-corrected chi connectivity index (χ2v) is 8.99. The molecule has 172 valence electrons. The first-order valence-electron chi connectivity index (χ1n) is 11.6. The molecule has 0 amide bonds. The Kier molecular flexibility index (Phi) is 5.07. The molecule has 0 unspecified atom stereocenters. The summed E-state index contributed by atoms with van der Waals surface area (Å²) in [5, 5.41) is 16.8. The van der Waals surface area contributed by atoms with Crippen LogP contribution in [-0.2, 0) is 0 Å². The van der Waals surface area contributed by atoms with Crippen molar-refractivity contribution in [3.8, 4) is 5.75 Å². The number of anilines is 1. The van der Waals surface area contributed by atoms with Crippen LogP contribution in [0, 0.1) is 16.0 Å². The van der Waals surface area contributed by atoms with Gasteiger partial charge in [-0.3, -0.25) is 10.1 Å². The van der Waals surface area contributed by atoms with Gasteiger partial charge in [-0.25, -0.2) is 4.79 Å². The number of allylic oxidation sites excluding steroid dienone is 2. The first-order chi connectivity index (χ1) is 17.1. The van der Waals surface area contributed by atoms with Crippen LogP contribution in [0.2, 0.25) is 0 Å². The SMILES string of the molecule is O=C(Oc1ccc2ccccc2c1)c1cccc2c1N[C@@H](c1ccc([N+](=O)[O-])cc1)[C@H]1CC=C[C@H]21. The first-order valence-corrected chi connectivity index (χ1v) is 11.6. The predicted octanol–water partition coefficient (Wildman–Crippen LogP) is 6.79. The van der Waals surface area contributed by atoms with Gasteiger partial charge >= 0.3 is 5.97 Å². The highest BCUT2D eigenvalue weighted by Gasteiger charge is 2.39. The number of nitro benzene ring substituents is 1. The van der Waals surface area contributed by atoms with E-state index in [9.17, 15) is 14.9 Å². The fourth-order valence-electron chi connectivity index (χ4n) is 5.32. The van der Waals surface area contributed by atoms with Gasteiger partial charge in [-0.15, -0.1) is 0 Å². The molecule has 1 aliphatic carbocycles. The second kappa shape index (κ2) is 8.40. The maximum absolute atomic E-state index is 13.3. The van der Waals surface area contributed by atoms with Crippen molar-refractivity contribution in [2.24, 2.45) is 5.92 Å². The van der Waals surface area contributed by atoms with Crippen molar-refractivity contribution in [1.29, 1.82) is 0 Å². The molecule has 1 N–H and O–H groups in total. The number of rotatable bonds is 4. The standard InChI is InChI=1S/C29H22N2O4/c32-29(35-22-16-13-18-5-1-2-6-20(18)17-22)26-10-4-9-25-23-7-3-8-24(23)27(30-28(25)26)19-11-14-21(15-12-19)31(33)34/h1-7,9-17,23-24,27,30H,8H2/t23-,24-,27-/m0/s1. The summed E-state index contributed by atoms with van der Waals surface area (Å²) in [6.45, 7) is 0. The largest absolute Gasteiger partial charge is 0.423 e. The average Bonchev–Trinajstić information content (AvgIpc) is 3.38. The predicted molar refractivity (Wildman–Crippen MR) is 135 cm³/mol. The van der Waals surface area contributed by atoms with Crippen molar-refractivity contribution < 1.29 is 14.5 Å². The van der Waals surface area contributed by atoms with Gasteiger partial charge in [0.1, 0.15) is 5.75 Å². The summed E-state index contributed by atoms with van der Waals surface area (Å²) < 4.78 is 5.80. The Hall–Kier alpha value is -4.45. The lowest BCUT2D eigenvalue weighted by Gasteiger charge is -2.38. The molecule has 1 heterocycles. The Labute approximate surface area is 202 Å². The van der Waals surface area contributed by atoms with E-state index in [1.807, 2.05) is 42.5 Å². The molecule has 0 aromatic heterocycles. The molecule has 4 aromatic rings. The topological polar surface area (TPSA) is 81.5 Å². The number of carbonyl (C=O) groups excluding carboxylic acids is 1. The van der Waals surface area contributed by atoms with Crippen LogP contribution < -0.4 is 10.1 Å². The third-order valence-corrected chi connectivity index (χ3v) is 7.01. The average molecular weight is 463 g/mol. The summed E-state index contributed by atoms with van der Waals surface area (Å²) in [5.74, 6) is 0.482. The zero-order valence-electron chi connectivity index (χ0n) is 18.8. The van der Waals surface area contributed by atoms with Crippen LogP contribution in [0.5, 0.6) is 5.75 Å². The summed E-state index contributed by atoms with van der Waals surface area (Å²) in [5.41, 5.74) is 3.31.